The molecule has 0 atom stereocenters. The van der Waals surface area contributed by atoms with E-state index in [0.29, 0.717) is 11.4 Å². The third-order valence-corrected chi connectivity index (χ3v) is 3.91. The second-order valence-corrected chi connectivity index (χ2v) is 4.91. The molecule has 0 unspecified atom stereocenters. The molecule has 1 aromatic rings. The summed E-state index contributed by atoms with van der Waals surface area (Å²) in [7, 11) is 0. The van der Waals surface area contributed by atoms with Crippen molar-refractivity contribution in [1.82, 2.24) is 9.78 Å². The zero-order chi connectivity index (χ0) is 13.7. The van der Waals surface area contributed by atoms with Gasteiger partial charge in [-0.3, -0.25) is 9.48 Å². The summed E-state index contributed by atoms with van der Waals surface area (Å²) < 4.78 is 1.86. The second-order valence-electron chi connectivity index (χ2n) is 4.53. The molecule has 18 heavy (non-hydrogen) atoms. The van der Waals surface area contributed by atoms with E-state index in [2.05, 4.69) is 18.9 Å². The summed E-state index contributed by atoms with van der Waals surface area (Å²) in [6.07, 6.45) is 3.01. The number of ketones is 1. The molecule has 0 aromatic carbocycles. The molecule has 4 heteroatoms. The van der Waals surface area contributed by atoms with Crippen LogP contribution in [0, 0.1) is 5.92 Å². The third-order valence-electron chi connectivity index (χ3n) is 3.48. The first-order valence-electron chi connectivity index (χ1n) is 6.85. The smallest absolute Gasteiger partial charge is 0.141 e. The summed E-state index contributed by atoms with van der Waals surface area (Å²) in [5.74, 6) is 0.422. The number of halogens is 1. The van der Waals surface area contributed by atoms with Crippen molar-refractivity contribution >= 4 is 17.4 Å². The number of aryl methyl sites for hydroxylation is 2. The molecule has 0 N–H and O–H groups in total. The van der Waals surface area contributed by atoms with E-state index in [9.17, 15) is 4.79 Å². The Morgan fingerprint density at radius 1 is 1.28 bits per heavy atom. The van der Waals surface area contributed by atoms with Crippen LogP contribution in [0.5, 0.6) is 0 Å². The summed E-state index contributed by atoms with van der Waals surface area (Å²) in [6.45, 7) is 8.92. The van der Waals surface area contributed by atoms with Crippen LogP contribution in [0.2, 0.25) is 5.02 Å². The van der Waals surface area contributed by atoms with Crippen LogP contribution in [0.25, 0.3) is 0 Å². The van der Waals surface area contributed by atoms with Gasteiger partial charge in [-0.05, 0) is 26.2 Å². The minimum absolute atomic E-state index is 0.145. The predicted molar refractivity (Wildman–Crippen MR) is 75.1 cm³/mol. The number of carbonyl (C=O) groups is 1. The van der Waals surface area contributed by atoms with Gasteiger partial charge in [-0.15, -0.1) is 0 Å². The van der Waals surface area contributed by atoms with Crippen molar-refractivity contribution in [1.29, 1.82) is 0 Å². The van der Waals surface area contributed by atoms with E-state index in [4.69, 9.17) is 11.6 Å². The molecule has 0 radical (unpaired) electrons. The van der Waals surface area contributed by atoms with Gasteiger partial charge in [0.1, 0.15) is 5.78 Å². The van der Waals surface area contributed by atoms with Crippen LogP contribution in [0.15, 0.2) is 0 Å². The normalized spacial score (nSPS) is 11.2. The third kappa shape index (κ3) is 3.14. The van der Waals surface area contributed by atoms with Crippen LogP contribution >= 0.6 is 11.6 Å². The van der Waals surface area contributed by atoms with Crippen molar-refractivity contribution in [3.63, 3.8) is 0 Å². The van der Waals surface area contributed by atoms with Crippen LogP contribution in [0.3, 0.4) is 0 Å². The van der Waals surface area contributed by atoms with Gasteiger partial charge in [0.15, 0.2) is 0 Å². The average molecular weight is 271 g/mol. The molecular weight excluding hydrogens is 248 g/mol. The highest BCUT2D eigenvalue weighted by atomic mass is 35.5. The van der Waals surface area contributed by atoms with Crippen molar-refractivity contribution in [2.75, 3.05) is 0 Å². The van der Waals surface area contributed by atoms with Crippen molar-refractivity contribution in [3.05, 3.63) is 16.4 Å². The molecule has 102 valence electrons. The van der Waals surface area contributed by atoms with E-state index in [1.807, 2.05) is 18.5 Å². The molecule has 1 heterocycles. The van der Waals surface area contributed by atoms with Crippen molar-refractivity contribution < 1.29 is 4.79 Å². The number of aromatic nitrogens is 2. The van der Waals surface area contributed by atoms with E-state index in [1.165, 1.54) is 0 Å². The van der Waals surface area contributed by atoms with E-state index < -0.39 is 0 Å². The van der Waals surface area contributed by atoms with Gasteiger partial charge in [0.05, 0.1) is 22.8 Å². The van der Waals surface area contributed by atoms with E-state index >= 15 is 0 Å². The Balaban J connectivity index is 2.96. The maximum atomic E-state index is 12.2. The standard InChI is InChI=1S/C14H23ClN2O/c1-5-10(6-2)13(18)9-12-14(15)11(7-3)16-17(12)8-4/h10H,5-9H2,1-4H3. The summed E-state index contributed by atoms with van der Waals surface area (Å²) in [6, 6.07) is 0. The quantitative estimate of drug-likeness (QED) is 0.758. The number of carbonyl (C=O) groups excluding carboxylic acids is 1. The van der Waals surface area contributed by atoms with E-state index in [0.717, 1.165) is 37.2 Å². The average Bonchev–Trinajstić information content (AvgIpc) is 2.68. The van der Waals surface area contributed by atoms with Crippen LogP contribution in [-0.2, 0) is 24.2 Å². The molecular formula is C14H23ClN2O. The lowest BCUT2D eigenvalue weighted by Crippen LogP contribution is -2.17. The predicted octanol–water partition coefficient (Wildman–Crippen LogP) is 3.67. The summed E-state index contributed by atoms with van der Waals surface area (Å²) in [5, 5.41) is 5.12. The maximum absolute atomic E-state index is 12.2. The first-order chi connectivity index (χ1) is 8.58. The van der Waals surface area contributed by atoms with Crippen LogP contribution < -0.4 is 0 Å². The lowest BCUT2D eigenvalue weighted by Gasteiger charge is -2.11. The Kier molecular flexibility index (Phi) is 5.86. The molecule has 0 saturated carbocycles. The molecule has 0 spiro atoms. The van der Waals surface area contributed by atoms with Crippen LogP contribution in [0.1, 0.15) is 51.9 Å². The Hall–Kier alpha value is -0.830. The molecule has 0 aliphatic rings. The van der Waals surface area contributed by atoms with Gasteiger partial charge in [-0.2, -0.15) is 5.10 Å². The van der Waals surface area contributed by atoms with Crippen LogP contribution in [0.4, 0.5) is 0 Å². The van der Waals surface area contributed by atoms with Gasteiger partial charge >= 0.3 is 0 Å². The molecule has 0 amide bonds. The molecule has 1 rings (SSSR count). The van der Waals surface area contributed by atoms with Crippen molar-refractivity contribution in [3.8, 4) is 0 Å². The molecule has 3 nitrogen and oxygen atoms in total. The fourth-order valence-electron chi connectivity index (χ4n) is 2.24. The summed E-state index contributed by atoms with van der Waals surface area (Å²) >= 11 is 6.31. The minimum Gasteiger partial charge on any atom is -0.299 e. The molecule has 0 aliphatic heterocycles. The van der Waals surface area contributed by atoms with Crippen molar-refractivity contribution in [2.24, 2.45) is 5.92 Å². The molecule has 0 saturated heterocycles. The Morgan fingerprint density at radius 3 is 2.33 bits per heavy atom. The Morgan fingerprint density at radius 2 is 1.89 bits per heavy atom. The van der Waals surface area contributed by atoms with E-state index in [1.54, 1.807) is 0 Å². The molecule has 0 bridgehead atoms. The van der Waals surface area contributed by atoms with Gasteiger partial charge in [0.25, 0.3) is 0 Å². The molecule has 0 fully saturated rings. The topological polar surface area (TPSA) is 34.9 Å². The monoisotopic (exact) mass is 270 g/mol. The first kappa shape index (κ1) is 15.2. The highest BCUT2D eigenvalue weighted by molar-refractivity contribution is 6.32. The van der Waals surface area contributed by atoms with Crippen molar-refractivity contribution in [2.45, 2.75) is 59.9 Å². The van der Waals surface area contributed by atoms with E-state index in [-0.39, 0.29) is 11.7 Å². The Labute approximate surface area is 115 Å². The Bertz CT molecular complexity index is 408. The molecule has 0 aliphatic carbocycles. The fourth-order valence-corrected chi connectivity index (χ4v) is 2.58. The lowest BCUT2D eigenvalue weighted by molar-refractivity contribution is -0.122. The summed E-state index contributed by atoms with van der Waals surface area (Å²) in [4.78, 5) is 12.2. The number of hydrogen-bond acceptors (Lipinski definition) is 2. The summed E-state index contributed by atoms with van der Waals surface area (Å²) in [5.41, 5.74) is 1.78. The number of hydrogen-bond donors (Lipinski definition) is 0. The SMILES string of the molecule is CCc1nn(CC)c(CC(=O)C(CC)CC)c1Cl. The lowest BCUT2D eigenvalue weighted by atomic mass is 9.95. The number of nitrogens with zero attached hydrogens (tertiary/aromatic N) is 2. The zero-order valence-corrected chi connectivity index (χ0v) is 12.5. The minimum atomic E-state index is 0.145. The maximum Gasteiger partial charge on any atom is 0.141 e. The highest BCUT2D eigenvalue weighted by Gasteiger charge is 2.21. The van der Waals surface area contributed by atoms with Gasteiger partial charge in [0.2, 0.25) is 0 Å². The zero-order valence-electron chi connectivity index (χ0n) is 11.8. The fraction of sp³-hybridized carbons (Fsp3) is 0.714. The van der Waals surface area contributed by atoms with Gasteiger partial charge in [0, 0.05) is 12.5 Å². The first-order valence-corrected chi connectivity index (χ1v) is 7.23. The van der Waals surface area contributed by atoms with Gasteiger partial charge < -0.3 is 0 Å². The van der Waals surface area contributed by atoms with Gasteiger partial charge in [-0.25, -0.2) is 0 Å². The number of Topliss-reactive ketones (excluding diaryl/α,β-unsaturated/α-hetero) is 1. The molecule has 1 aromatic heterocycles. The van der Waals surface area contributed by atoms with Gasteiger partial charge in [-0.1, -0.05) is 32.4 Å². The second kappa shape index (κ2) is 6.93. The number of rotatable bonds is 7. The highest BCUT2D eigenvalue weighted by Crippen LogP contribution is 2.24. The largest absolute Gasteiger partial charge is 0.299 e. The van der Waals surface area contributed by atoms with Crippen LogP contribution in [-0.4, -0.2) is 15.6 Å².